The predicted octanol–water partition coefficient (Wildman–Crippen LogP) is 2.75. The molecule has 0 aromatic carbocycles. The SMILES string of the molecule is NCC1(CC(=O)NCCOC2CCCCC2)CCCCC1. The standard InChI is InChI=1S/C17H32N2O2/c18-14-17(9-5-2-6-10-17)13-16(20)19-11-12-21-15-7-3-1-4-8-15/h15H,1-14,18H2,(H,19,20). The summed E-state index contributed by atoms with van der Waals surface area (Å²) in [4.78, 5) is 12.1. The predicted molar refractivity (Wildman–Crippen MR) is 85.0 cm³/mol. The van der Waals surface area contributed by atoms with Crippen LogP contribution in [0.25, 0.3) is 0 Å². The number of carbonyl (C=O) groups is 1. The number of rotatable bonds is 7. The van der Waals surface area contributed by atoms with Gasteiger partial charge in [-0.05, 0) is 37.6 Å². The van der Waals surface area contributed by atoms with Crippen LogP contribution in [0.5, 0.6) is 0 Å². The Kier molecular flexibility index (Phi) is 6.97. The Hall–Kier alpha value is -0.610. The Labute approximate surface area is 129 Å². The first-order valence-electron chi connectivity index (χ1n) is 8.82. The van der Waals surface area contributed by atoms with Crippen molar-refractivity contribution in [2.24, 2.45) is 11.1 Å². The fourth-order valence-corrected chi connectivity index (χ4v) is 3.81. The van der Waals surface area contributed by atoms with Crippen LogP contribution in [-0.4, -0.2) is 31.7 Å². The molecule has 0 saturated heterocycles. The molecule has 2 saturated carbocycles. The van der Waals surface area contributed by atoms with Gasteiger partial charge in [0, 0.05) is 13.0 Å². The summed E-state index contributed by atoms with van der Waals surface area (Å²) in [5, 5.41) is 3.01. The number of nitrogens with one attached hydrogen (secondary N) is 1. The quantitative estimate of drug-likeness (QED) is 0.710. The maximum atomic E-state index is 12.1. The summed E-state index contributed by atoms with van der Waals surface area (Å²) in [5.74, 6) is 0.148. The average Bonchev–Trinajstić information content (AvgIpc) is 2.53. The Morgan fingerprint density at radius 1 is 1.10 bits per heavy atom. The van der Waals surface area contributed by atoms with Crippen molar-refractivity contribution in [3.8, 4) is 0 Å². The first-order valence-corrected chi connectivity index (χ1v) is 8.82. The monoisotopic (exact) mass is 296 g/mol. The molecule has 2 aliphatic rings. The van der Waals surface area contributed by atoms with Gasteiger partial charge in [0.05, 0.1) is 12.7 Å². The van der Waals surface area contributed by atoms with E-state index in [0.29, 0.717) is 32.2 Å². The first-order chi connectivity index (χ1) is 10.2. The molecule has 0 heterocycles. The van der Waals surface area contributed by atoms with Crippen LogP contribution in [0.4, 0.5) is 0 Å². The molecule has 0 spiro atoms. The van der Waals surface area contributed by atoms with Crippen molar-refractivity contribution in [1.82, 2.24) is 5.32 Å². The molecule has 0 aromatic heterocycles. The second kappa shape index (κ2) is 8.74. The van der Waals surface area contributed by atoms with Crippen LogP contribution in [0.3, 0.4) is 0 Å². The van der Waals surface area contributed by atoms with E-state index in [1.165, 1.54) is 51.4 Å². The zero-order valence-electron chi connectivity index (χ0n) is 13.4. The van der Waals surface area contributed by atoms with Gasteiger partial charge in [0.2, 0.25) is 5.91 Å². The van der Waals surface area contributed by atoms with Gasteiger partial charge in [-0.3, -0.25) is 4.79 Å². The van der Waals surface area contributed by atoms with Gasteiger partial charge < -0.3 is 15.8 Å². The molecule has 0 atom stereocenters. The molecule has 21 heavy (non-hydrogen) atoms. The van der Waals surface area contributed by atoms with Crippen molar-refractivity contribution in [3.05, 3.63) is 0 Å². The summed E-state index contributed by atoms with van der Waals surface area (Å²) in [5.41, 5.74) is 6.00. The summed E-state index contributed by atoms with van der Waals surface area (Å²) in [6, 6.07) is 0. The third kappa shape index (κ3) is 5.59. The topological polar surface area (TPSA) is 64.4 Å². The zero-order chi connectivity index (χ0) is 15.0. The van der Waals surface area contributed by atoms with Gasteiger partial charge in [-0.15, -0.1) is 0 Å². The molecule has 2 aliphatic carbocycles. The van der Waals surface area contributed by atoms with Crippen molar-refractivity contribution in [2.75, 3.05) is 19.7 Å². The minimum atomic E-state index is 0.0621. The van der Waals surface area contributed by atoms with E-state index in [0.717, 1.165) is 12.8 Å². The fourth-order valence-electron chi connectivity index (χ4n) is 3.81. The van der Waals surface area contributed by atoms with Crippen molar-refractivity contribution < 1.29 is 9.53 Å². The van der Waals surface area contributed by atoms with Crippen LogP contribution in [0.2, 0.25) is 0 Å². The van der Waals surface area contributed by atoms with Gasteiger partial charge in [-0.2, -0.15) is 0 Å². The molecule has 0 aromatic rings. The third-order valence-electron chi connectivity index (χ3n) is 5.21. The Balaban J connectivity index is 1.60. The van der Waals surface area contributed by atoms with Gasteiger partial charge in [0.1, 0.15) is 0 Å². The molecule has 4 nitrogen and oxygen atoms in total. The second-order valence-electron chi connectivity index (χ2n) is 6.92. The molecular formula is C17H32N2O2. The minimum absolute atomic E-state index is 0.0621. The first kappa shape index (κ1) is 16.8. The van der Waals surface area contributed by atoms with E-state index in [4.69, 9.17) is 10.5 Å². The maximum absolute atomic E-state index is 12.1. The molecule has 2 fully saturated rings. The Morgan fingerprint density at radius 3 is 2.43 bits per heavy atom. The lowest BCUT2D eigenvalue weighted by atomic mass is 9.72. The van der Waals surface area contributed by atoms with Crippen LogP contribution in [0.15, 0.2) is 0 Å². The van der Waals surface area contributed by atoms with Crippen LogP contribution >= 0.6 is 0 Å². The van der Waals surface area contributed by atoms with Gasteiger partial charge in [0.15, 0.2) is 0 Å². The Bertz CT molecular complexity index is 308. The molecule has 0 bridgehead atoms. The van der Waals surface area contributed by atoms with Crippen molar-refractivity contribution in [2.45, 2.75) is 76.7 Å². The van der Waals surface area contributed by atoms with Crippen LogP contribution in [-0.2, 0) is 9.53 Å². The second-order valence-corrected chi connectivity index (χ2v) is 6.92. The zero-order valence-corrected chi connectivity index (χ0v) is 13.4. The lowest BCUT2D eigenvalue weighted by molar-refractivity contribution is -0.124. The van der Waals surface area contributed by atoms with Crippen LogP contribution in [0.1, 0.15) is 70.6 Å². The molecule has 4 heteroatoms. The van der Waals surface area contributed by atoms with Gasteiger partial charge in [-0.1, -0.05) is 38.5 Å². The normalized spacial score (nSPS) is 22.9. The van der Waals surface area contributed by atoms with E-state index in [-0.39, 0.29) is 11.3 Å². The highest BCUT2D eigenvalue weighted by Crippen LogP contribution is 2.38. The van der Waals surface area contributed by atoms with E-state index < -0.39 is 0 Å². The summed E-state index contributed by atoms with van der Waals surface area (Å²) >= 11 is 0. The minimum Gasteiger partial charge on any atom is -0.376 e. The summed E-state index contributed by atoms with van der Waals surface area (Å²) in [7, 11) is 0. The molecule has 122 valence electrons. The molecule has 2 rings (SSSR count). The van der Waals surface area contributed by atoms with Gasteiger partial charge in [0.25, 0.3) is 0 Å². The smallest absolute Gasteiger partial charge is 0.220 e. The molecule has 0 radical (unpaired) electrons. The number of hydrogen-bond acceptors (Lipinski definition) is 3. The van der Waals surface area contributed by atoms with E-state index >= 15 is 0 Å². The summed E-state index contributed by atoms with van der Waals surface area (Å²) in [6.45, 7) is 1.92. The number of hydrogen-bond donors (Lipinski definition) is 2. The van der Waals surface area contributed by atoms with E-state index in [2.05, 4.69) is 5.32 Å². The highest BCUT2D eigenvalue weighted by atomic mass is 16.5. The van der Waals surface area contributed by atoms with E-state index in [1.807, 2.05) is 0 Å². The average molecular weight is 296 g/mol. The maximum Gasteiger partial charge on any atom is 0.220 e. The van der Waals surface area contributed by atoms with E-state index in [1.54, 1.807) is 0 Å². The molecule has 0 aliphatic heterocycles. The van der Waals surface area contributed by atoms with Crippen molar-refractivity contribution >= 4 is 5.91 Å². The third-order valence-corrected chi connectivity index (χ3v) is 5.21. The van der Waals surface area contributed by atoms with E-state index in [9.17, 15) is 4.79 Å². The highest BCUT2D eigenvalue weighted by Gasteiger charge is 2.32. The molecule has 3 N–H and O–H groups in total. The summed E-state index contributed by atoms with van der Waals surface area (Å²) in [6.07, 6.45) is 13.2. The lowest BCUT2D eigenvalue weighted by Crippen LogP contribution is -2.39. The number of nitrogens with two attached hydrogens (primary N) is 1. The molecule has 1 amide bonds. The number of amides is 1. The molecule has 0 unspecified atom stereocenters. The van der Waals surface area contributed by atoms with Crippen molar-refractivity contribution in [1.29, 1.82) is 0 Å². The fraction of sp³-hybridized carbons (Fsp3) is 0.941. The van der Waals surface area contributed by atoms with Gasteiger partial charge in [-0.25, -0.2) is 0 Å². The van der Waals surface area contributed by atoms with Gasteiger partial charge >= 0.3 is 0 Å². The Morgan fingerprint density at radius 2 is 1.76 bits per heavy atom. The van der Waals surface area contributed by atoms with Crippen LogP contribution in [0, 0.1) is 5.41 Å². The largest absolute Gasteiger partial charge is 0.376 e. The lowest BCUT2D eigenvalue weighted by Gasteiger charge is -2.35. The van der Waals surface area contributed by atoms with Crippen molar-refractivity contribution in [3.63, 3.8) is 0 Å². The number of carbonyl (C=O) groups excluding carboxylic acids is 1. The number of ether oxygens (including phenoxy) is 1. The highest BCUT2D eigenvalue weighted by molar-refractivity contribution is 5.76. The molecular weight excluding hydrogens is 264 g/mol. The van der Waals surface area contributed by atoms with Crippen LogP contribution < -0.4 is 11.1 Å². The summed E-state index contributed by atoms with van der Waals surface area (Å²) < 4.78 is 5.84.